The number of rotatable bonds is 7. The van der Waals surface area contributed by atoms with E-state index in [4.69, 9.17) is 4.74 Å². The summed E-state index contributed by atoms with van der Waals surface area (Å²) >= 11 is 0. The summed E-state index contributed by atoms with van der Waals surface area (Å²) in [6.45, 7) is 11.9. The van der Waals surface area contributed by atoms with E-state index in [2.05, 4.69) is 38.0 Å². The molecule has 2 unspecified atom stereocenters. The fourth-order valence-electron chi connectivity index (χ4n) is 2.73. The Balaban J connectivity index is 2.72. The third-order valence-corrected chi connectivity index (χ3v) is 3.60. The predicted octanol–water partition coefficient (Wildman–Crippen LogP) is 3.27. The highest BCUT2D eigenvalue weighted by Crippen LogP contribution is 2.26. The van der Waals surface area contributed by atoms with Crippen molar-refractivity contribution < 1.29 is 4.74 Å². The maximum atomic E-state index is 5.47. The van der Waals surface area contributed by atoms with E-state index in [1.54, 1.807) is 7.11 Å². The highest BCUT2D eigenvalue weighted by molar-refractivity contribution is 5.41. The van der Waals surface area contributed by atoms with E-state index in [1.165, 1.54) is 17.7 Å². The summed E-state index contributed by atoms with van der Waals surface area (Å²) in [5.74, 6) is 1.60. The molecular weight excluding hydrogens is 236 g/mol. The lowest BCUT2D eigenvalue weighted by atomic mass is 9.95. The summed E-state index contributed by atoms with van der Waals surface area (Å²) < 4.78 is 5.47. The van der Waals surface area contributed by atoms with Crippen molar-refractivity contribution in [2.24, 2.45) is 5.92 Å². The molecular formula is C16H28N2O. The summed E-state index contributed by atoms with van der Waals surface area (Å²) in [5, 5.41) is 3.46. The van der Waals surface area contributed by atoms with Crippen molar-refractivity contribution in [1.29, 1.82) is 0 Å². The van der Waals surface area contributed by atoms with Gasteiger partial charge in [-0.15, -0.1) is 0 Å². The van der Waals surface area contributed by atoms with Gasteiger partial charge in [0.05, 0.1) is 7.11 Å². The molecule has 1 N–H and O–H groups in total. The predicted molar refractivity (Wildman–Crippen MR) is 80.9 cm³/mol. The number of nitrogens with one attached hydrogen (secondary N) is 1. The van der Waals surface area contributed by atoms with Gasteiger partial charge in [0.1, 0.15) is 5.75 Å². The van der Waals surface area contributed by atoms with E-state index in [-0.39, 0.29) is 0 Å². The van der Waals surface area contributed by atoms with Gasteiger partial charge in [-0.05, 0) is 46.1 Å². The minimum atomic E-state index is 0.563. The van der Waals surface area contributed by atoms with Crippen molar-refractivity contribution in [3.8, 4) is 5.75 Å². The normalized spacial score (nSPS) is 14.2. The number of hydrogen-bond acceptors (Lipinski definition) is 3. The zero-order valence-corrected chi connectivity index (χ0v) is 13.2. The van der Waals surface area contributed by atoms with Crippen LogP contribution < -0.4 is 10.1 Å². The molecule has 3 nitrogen and oxygen atoms in total. The number of pyridine rings is 1. The highest BCUT2D eigenvalue weighted by Gasteiger charge is 2.14. The number of aryl methyl sites for hydroxylation is 1. The maximum Gasteiger partial charge on any atom is 0.128 e. The van der Waals surface area contributed by atoms with Gasteiger partial charge < -0.3 is 10.1 Å². The van der Waals surface area contributed by atoms with Crippen LogP contribution >= 0.6 is 0 Å². The molecule has 0 aromatic carbocycles. The molecule has 0 aliphatic carbocycles. The number of nitrogens with zero attached hydrogens (tertiary/aromatic N) is 1. The smallest absolute Gasteiger partial charge is 0.128 e. The minimum absolute atomic E-state index is 0.563. The van der Waals surface area contributed by atoms with Gasteiger partial charge in [-0.3, -0.25) is 4.98 Å². The second-order valence-electron chi connectivity index (χ2n) is 5.55. The Morgan fingerprint density at radius 1 is 1.32 bits per heavy atom. The van der Waals surface area contributed by atoms with Gasteiger partial charge in [0.2, 0.25) is 0 Å². The second-order valence-corrected chi connectivity index (χ2v) is 5.55. The van der Waals surface area contributed by atoms with Gasteiger partial charge >= 0.3 is 0 Å². The first-order valence-electron chi connectivity index (χ1n) is 7.22. The lowest BCUT2D eigenvalue weighted by molar-refractivity contribution is 0.402. The molecule has 2 atom stereocenters. The number of aromatic nitrogens is 1. The van der Waals surface area contributed by atoms with Crippen molar-refractivity contribution in [3.05, 3.63) is 23.0 Å². The molecule has 0 bridgehead atoms. The molecule has 0 amide bonds. The van der Waals surface area contributed by atoms with Crippen LogP contribution in [0.15, 0.2) is 6.20 Å². The van der Waals surface area contributed by atoms with Gasteiger partial charge in [-0.2, -0.15) is 0 Å². The molecule has 1 heterocycles. The van der Waals surface area contributed by atoms with Crippen LogP contribution in [0.2, 0.25) is 0 Å². The van der Waals surface area contributed by atoms with Crippen molar-refractivity contribution in [2.75, 3.05) is 13.7 Å². The van der Waals surface area contributed by atoms with Crippen molar-refractivity contribution in [1.82, 2.24) is 10.3 Å². The van der Waals surface area contributed by atoms with E-state index in [0.717, 1.165) is 24.3 Å². The zero-order chi connectivity index (χ0) is 14.4. The standard InChI is InChI=1S/C16H28N2O/c1-7-17-13(4)8-11(2)9-15-14(5)16(19-6)12(3)10-18-15/h10-11,13,17H,7-9H2,1-6H3. The largest absolute Gasteiger partial charge is 0.496 e. The molecule has 1 rings (SSSR count). The SMILES string of the molecule is CCNC(C)CC(C)Cc1ncc(C)c(OC)c1C. The van der Waals surface area contributed by atoms with Gasteiger partial charge in [-0.25, -0.2) is 0 Å². The zero-order valence-electron chi connectivity index (χ0n) is 13.2. The molecule has 0 aliphatic rings. The average Bonchev–Trinajstić information content (AvgIpc) is 2.33. The fraction of sp³-hybridized carbons (Fsp3) is 0.688. The number of ether oxygens (including phenoxy) is 1. The van der Waals surface area contributed by atoms with Crippen LogP contribution in [0.25, 0.3) is 0 Å². The lowest BCUT2D eigenvalue weighted by Crippen LogP contribution is -2.28. The van der Waals surface area contributed by atoms with Crippen LogP contribution in [0.1, 0.15) is 44.0 Å². The third-order valence-electron chi connectivity index (χ3n) is 3.60. The van der Waals surface area contributed by atoms with Gasteiger partial charge in [0.15, 0.2) is 0 Å². The molecule has 0 spiro atoms. The Kier molecular flexibility index (Phi) is 6.29. The quantitative estimate of drug-likeness (QED) is 0.820. The molecule has 0 aliphatic heterocycles. The Morgan fingerprint density at radius 3 is 2.58 bits per heavy atom. The molecule has 3 heteroatoms. The first kappa shape index (κ1) is 16.0. The fourth-order valence-corrected chi connectivity index (χ4v) is 2.73. The van der Waals surface area contributed by atoms with E-state index in [0.29, 0.717) is 12.0 Å². The van der Waals surface area contributed by atoms with Crippen molar-refractivity contribution in [2.45, 2.75) is 53.5 Å². The van der Waals surface area contributed by atoms with E-state index in [1.807, 2.05) is 13.1 Å². The topological polar surface area (TPSA) is 34.2 Å². The summed E-state index contributed by atoms with van der Waals surface area (Å²) in [6.07, 6.45) is 4.10. The van der Waals surface area contributed by atoms with Gasteiger partial charge in [0, 0.05) is 29.1 Å². The molecule has 0 radical (unpaired) electrons. The summed E-state index contributed by atoms with van der Waals surface area (Å²) in [7, 11) is 1.73. The summed E-state index contributed by atoms with van der Waals surface area (Å²) in [4.78, 5) is 4.58. The molecule has 108 valence electrons. The third kappa shape index (κ3) is 4.50. The van der Waals surface area contributed by atoms with Crippen LogP contribution in [0.4, 0.5) is 0 Å². The van der Waals surface area contributed by atoms with E-state index < -0.39 is 0 Å². The minimum Gasteiger partial charge on any atom is -0.496 e. The highest BCUT2D eigenvalue weighted by atomic mass is 16.5. The van der Waals surface area contributed by atoms with Crippen LogP contribution in [-0.4, -0.2) is 24.7 Å². The molecule has 0 fully saturated rings. The summed E-state index contributed by atoms with van der Waals surface area (Å²) in [6, 6.07) is 0.563. The van der Waals surface area contributed by atoms with Crippen LogP contribution in [-0.2, 0) is 6.42 Å². The molecule has 19 heavy (non-hydrogen) atoms. The second kappa shape index (κ2) is 7.49. The van der Waals surface area contributed by atoms with E-state index >= 15 is 0 Å². The molecule has 0 saturated carbocycles. The number of methoxy groups -OCH3 is 1. The summed E-state index contributed by atoms with van der Waals surface area (Å²) in [5.41, 5.74) is 3.46. The Bertz CT molecular complexity index is 404. The molecule has 0 saturated heterocycles. The Labute approximate surface area is 117 Å². The van der Waals surface area contributed by atoms with E-state index in [9.17, 15) is 0 Å². The molecule has 1 aromatic rings. The van der Waals surface area contributed by atoms with Crippen LogP contribution in [0.5, 0.6) is 5.75 Å². The Morgan fingerprint density at radius 2 is 2.00 bits per heavy atom. The van der Waals surface area contributed by atoms with Gasteiger partial charge in [-0.1, -0.05) is 13.8 Å². The first-order valence-corrected chi connectivity index (χ1v) is 7.22. The first-order chi connectivity index (χ1) is 8.99. The van der Waals surface area contributed by atoms with Crippen LogP contribution in [0, 0.1) is 19.8 Å². The van der Waals surface area contributed by atoms with Crippen molar-refractivity contribution >= 4 is 0 Å². The monoisotopic (exact) mass is 264 g/mol. The van der Waals surface area contributed by atoms with Gasteiger partial charge in [0.25, 0.3) is 0 Å². The van der Waals surface area contributed by atoms with Crippen molar-refractivity contribution in [3.63, 3.8) is 0 Å². The maximum absolute atomic E-state index is 5.47. The average molecular weight is 264 g/mol. The molecule has 1 aromatic heterocycles. The lowest BCUT2D eigenvalue weighted by Gasteiger charge is -2.19. The van der Waals surface area contributed by atoms with Crippen LogP contribution in [0.3, 0.4) is 0 Å². The number of hydrogen-bond donors (Lipinski definition) is 1. The Hall–Kier alpha value is -1.09.